The van der Waals surface area contributed by atoms with Crippen molar-refractivity contribution in [3.8, 4) is 0 Å². The van der Waals surface area contributed by atoms with E-state index in [9.17, 15) is 4.79 Å². The van der Waals surface area contributed by atoms with Gasteiger partial charge in [-0.05, 0) is 31.5 Å². The smallest absolute Gasteiger partial charge is 0.230 e. The summed E-state index contributed by atoms with van der Waals surface area (Å²) in [6.07, 6.45) is 1.69. The number of amides is 1. The molecule has 0 unspecified atom stereocenters. The zero-order valence-corrected chi connectivity index (χ0v) is 14.3. The fraction of sp³-hybridized carbons (Fsp3) is 0.357. The molecule has 1 amide bonds. The molecule has 5 nitrogen and oxygen atoms in total. The Morgan fingerprint density at radius 2 is 2.29 bits per heavy atom. The largest absolute Gasteiger partial charge is 0.351 e. The Bertz CT molecular complexity index is 615. The zero-order chi connectivity index (χ0) is 15.2. The van der Waals surface area contributed by atoms with Crippen LogP contribution in [0.1, 0.15) is 25.5 Å². The molecule has 0 aliphatic heterocycles. The normalized spacial score (nSPS) is 10.9. The summed E-state index contributed by atoms with van der Waals surface area (Å²) in [5.41, 5.74) is 1.06. The molecule has 2 aromatic rings. The average molecular weight is 369 g/mol. The number of thioether (sulfide) groups is 1. The molecule has 0 aliphatic rings. The average Bonchev–Trinajstić information content (AvgIpc) is 2.91. The molecule has 1 aromatic heterocycles. The zero-order valence-electron chi connectivity index (χ0n) is 11.9. The number of halogens is 1. The molecule has 21 heavy (non-hydrogen) atoms. The van der Waals surface area contributed by atoms with Crippen LogP contribution in [0, 0.1) is 0 Å². The third-order valence-corrected chi connectivity index (χ3v) is 4.26. The lowest BCUT2D eigenvalue weighted by atomic mass is 10.2. The monoisotopic (exact) mass is 368 g/mol. The highest BCUT2D eigenvalue weighted by molar-refractivity contribution is 9.10. The molecule has 1 heterocycles. The van der Waals surface area contributed by atoms with Gasteiger partial charge >= 0.3 is 0 Å². The number of carbonyl (C=O) groups is 1. The standard InChI is InChI=1S/C14H17BrN4OS/c1-10(2)19-9-17-18-14(19)21-8-13(20)16-7-11-4-3-5-12(15)6-11/h3-6,9-10H,7-8H2,1-2H3,(H,16,20). The first-order chi connectivity index (χ1) is 10.1. The summed E-state index contributed by atoms with van der Waals surface area (Å²) >= 11 is 4.81. The van der Waals surface area contributed by atoms with Crippen molar-refractivity contribution in [2.24, 2.45) is 0 Å². The molecule has 7 heteroatoms. The van der Waals surface area contributed by atoms with Crippen LogP contribution in [-0.2, 0) is 11.3 Å². The summed E-state index contributed by atoms with van der Waals surface area (Å²) in [5, 5.41) is 11.6. The van der Waals surface area contributed by atoms with E-state index in [1.165, 1.54) is 11.8 Å². The molecule has 112 valence electrons. The van der Waals surface area contributed by atoms with Gasteiger partial charge in [0.15, 0.2) is 5.16 Å². The molecular weight excluding hydrogens is 352 g/mol. The minimum atomic E-state index is -0.0155. The predicted octanol–water partition coefficient (Wildman–Crippen LogP) is 3.03. The van der Waals surface area contributed by atoms with E-state index < -0.39 is 0 Å². The van der Waals surface area contributed by atoms with Crippen LogP contribution in [-0.4, -0.2) is 26.4 Å². The van der Waals surface area contributed by atoms with Gasteiger partial charge in [-0.25, -0.2) is 0 Å². The SMILES string of the molecule is CC(C)n1cnnc1SCC(=O)NCc1cccc(Br)c1. The molecule has 0 radical (unpaired) electrons. The van der Waals surface area contributed by atoms with Crippen LogP contribution in [0.25, 0.3) is 0 Å². The van der Waals surface area contributed by atoms with Crippen LogP contribution >= 0.6 is 27.7 Å². The maximum absolute atomic E-state index is 11.9. The number of hydrogen-bond donors (Lipinski definition) is 1. The molecule has 0 atom stereocenters. The maximum atomic E-state index is 11.9. The van der Waals surface area contributed by atoms with Gasteiger partial charge in [-0.1, -0.05) is 39.8 Å². The van der Waals surface area contributed by atoms with Gasteiger partial charge in [0, 0.05) is 17.1 Å². The van der Waals surface area contributed by atoms with Crippen molar-refractivity contribution in [3.05, 3.63) is 40.6 Å². The topological polar surface area (TPSA) is 59.8 Å². The van der Waals surface area contributed by atoms with Crippen LogP contribution in [0.2, 0.25) is 0 Å². The van der Waals surface area contributed by atoms with Crippen molar-refractivity contribution >= 4 is 33.6 Å². The second-order valence-electron chi connectivity index (χ2n) is 4.81. The second-order valence-corrected chi connectivity index (χ2v) is 6.67. The van der Waals surface area contributed by atoms with E-state index in [1.54, 1.807) is 6.33 Å². The Morgan fingerprint density at radius 1 is 1.48 bits per heavy atom. The van der Waals surface area contributed by atoms with E-state index in [2.05, 4.69) is 45.3 Å². The third kappa shape index (κ3) is 4.86. The summed E-state index contributed by atoms with van der Waals surface area (Å²) in [4.78, 5) is 11.9. The predicted molar refractivity (Wildman–Crippen MR) is 87.1 cm³/mol. The number of rotatable bonds is 6. The van der Waals surface area contributed by atoms with E-state index in [4.69, 9.17) is 0 Å². The molecule has 0 bridgehead atoms. The number of hydrogen-bond acceptors (Lipinski definition) is 4. The molecular formula is C14H17BrN4OS. The summed E-state index contributed by atoms with van der Waals surface area (Å²) in [6, 6.07) is 8.16. The number of aromatic nitrogens is 3. The van der Waals surface area contributed by atoms with Gasteiger partial charge in [0.1, 0.15) is 6.33 Å². The molecule has 0 saturated carbocycles. The Hall–Kier alpha value is -1.34. The third-order valence-electron chi connectivity index (χ3n) is 2.81. The molecule has 1 N–H and O–H groups in total. The quantitative estimate of drug-likeness (QED) is 0.796. The van der Waals surface area contributed by atoms with Crippen molar-refractivity contribution < 1.29 is 4.79 Å². The first kappa shape index (κ1) is 16.0. The fourth-order valence-electron chi connectivity index (χ4n) is 1.72. The minimum Gasteiger partial charge on any atom is -0.351 e. The highest BCUT2D eigenvalue weighted by Gasteiger charge is 2.10. The number of benzene rings is 1. The molecule has 1 aromatic carbocycles. The van der Waals surface area contributed by atoms with E-state index in [0.29, 0.717) is 12.3 Å². The van der Waals surface area contributed by atoms with Gasteiger partial charge in [-0.3, -0.25) is 4.79 Å². The molecule has 0 saturated heterocycles. The number of nitrogens with zero attached hydrogens (tertiary/aromatic N) is 3. The highest BCUT2D eigenvalue weighted by Crippen LogP contribution is 2.18. The lowest BCUT2D eigenvalue weighted by Crippen LogP contribution is -2.24. The summed E-state index contributed by atoms with van der Waals surface area (Å²) in [5.74, 6) is 0.317. The van der Waals surface area contributed by atoms with Crippen LogP contribution in [0.4, 0.5) is 0 Å². The van der Waals surface area contributed by atoms with Crippen LogP contribution in [0.15, 0.2) is 40.2 Å². The van der Waals surface area contributed by atoms with E-state index in [1.807, 2.05) is 28.8 Å². The van der Waals surface area contributed by atoms with Crippen LogP contribution in [0.5, 0.6) is 0 Å². The minimum absolute atomic E-state index is 0.0155. The first-order valence-electron chi connectivity index (χ1n) is 6.59. The molecule has 0 aliphatic carbocycles. The van der Waals surface area contributed by atoms with Crippen molar-refractivity contribution in [3.63, 3.8) is 0 Å². The van der Waals surface area contributed by atoms with E-state index in [0.717, 1.165) is 15.2 Å². The lowest BCUT2D eigenvalue weighted by Gasteiger charge is -2.09. The molecule has 2 rings (SSSR count). The lowest BCUT2D eigenvalue weighted by molar-refractivity contribution is -0.118. The van der Waals surface area contributed by atoms with Crippen LogP contribution in [0.3, 0.4) is 0 Å². The van der Waals surface area contributed by atoms with E-state index in [-0.39, 0.29) is 11.9 Å². The first-order valence-corrected chi connectivity index (χ1v) is 8.37. The number of carbonyl (C=O) groups excluding carboxylic acids is 1. The Balaban J connectivity index is 1.81. The Morgan fingerprint density at radius 3 is 3.00 bits per heavy atom. The van der Waals surface area contributed by atoms with Gasteiger partial charge < -0.3 is 9.88 Å². The van der Waals surface area contributed by atoms with Gasteiger partial charge in [-0.2, -0.15) is 0 Å². The maximum Gasteiger partial charge on any atom is 0.230 e. The fourth-order valence-corrected chi connectivity index (χ4v) is 3.04. The van der Waals surface area contributed by atoms with Crippen molar-refractivity contribution in [1.29, 1.82) is 0 Å². The Kier molecular flexibility index (Phi) is 5.81. The highest BCUT2D eigenvalue weighted by atomic mass is 79.9. The second kappa shape index (κ2) is 7.61. The van der Waals surface area contributed by atoms with Gasteiger partial charge in [-0.15, -0.1) is 10.2 Å². The van der Waals surface area contributed by atoms with Crippen molar-refractivity contribution in [2.45, 2.75) is 31.6 Å². The molecule has 0 spiro atoms. The van der Waals surface area contributed by atoms with E-state index >= 15 is 0 Å². The number of nitrogens with one attached hydrogen (secondary N) is 1. The summed E-state index contributed by atoms with van der Waals surface area (Å²) in [6.45, 7) is 4.64. The summed E-state index contributed by atoms with van der Waals surface area (Å²) < 4.78 is 2.96. The van der Waals surface area contributed by atoms with Crippen LogP contribution < -0.4 is 5.32 Å². The van der Waals surface area contributed by atoms with Gasteiger partial charge in [0.05, 0.1) is 5.75 Å². The Labute approximate surface area is 136 Å². The van der Waals surface area contributed by atoms with Gasteiger partial charge in [0.2, 0.25) is 5.91 Å². The van der Waals surface area contributed by atoms with Crippen molar-refractivity contribution in [1.82, 2.24) is 20.1 Å². The van der Waals surface area contributed by atoms with Gasteiger partial charge in [0.25, 0.3) is 0 Å². The summed E-state index contributed by atoms with van der Waals surface area (Å²) in [7, 11) is 0. The van der Waals surface area contributed by atoms with Crippen molar-refractivity contribution in [2.75, 3.05) is 5.75 Å². The molecule has 0 fully saturated rings.